The molecule has 1 aliphatic rings. The minimum atomic E-state index is -0.116. The number of nitrogens with one attached hydrogen (secondary N) is 1. The number of fused-ring (bicyclic) bond motifs is 1. The minimum Gasteiger partial charge on any atom is -0.298 e. The van der Waals surface area contributed by atoms with Gasteiger partial charge in [0.1, 0.15) is 9.88 Å². The average molecular weight is 391 g/mol. The van der Waals surface area contributed by atoms with E-state index >= 15 is 0 Å². The van der Waals surface area contributed by atoms with Gasteiger partial charge >= 0.3 is 0 Å². The number of anilines is 1. The molecule has 0 atom stereocenters. The van der Waals surface area contributed by atoms with E-state index in [1.165, 1.54) is 16.2 Å². The first-order valence-electron chi connectivity index (χ1n) is 8.16. The zero-order valence-corrected chi connectivity index (χ0v) is 16.5. The first-order valence-corrected chi connectivity index (χ1v) is 10.7. The molecule has 4 heterocycles. The van der Waals surface area contributed by atoms with Gasteiger partial charge in [-0.2, -0.15) is 11.3 Å². The van der Waals surface area contributed by atoms with Gasteiger partial charge in [-0.25, -0.2) is 9.97 Å². The van der Waals surface area contributed by atoms with E-state index in [9.17, 15) is 4.79 Å². The Bertz CT molecular complexity index is 897. The Hall–Kier alpha value is -1.61. The number of likely N-dealkylation sites (N-methyl/N-ethyl adjacent to an activating group) is 1. The number of carbonyl (C=O) groups is 1. The van der Waals surface area contributed by atoms with Crippen molar-refractivity contribution in [3.8, 4) is 10.6 Å². The van der Waals surface area contributed by atoms with Crippen LogP contribution >= 0.6 is 34.0 Å². The van der Waals surface area contributed by atoms with Crippen molar-refractivity contribution in [2.45, 2.75) is 26.8 Å². The summed E-state index contributed by atoms with van der Waals surface area (Å²) in [6.45, 7) is 7.07. The molecule has 0 fully saturated rings. The lowest BCUT2D eigenvalue weighted by molar-refractivity contribution is 0.103. The smallest absolute Gasteiger partial charge is 0.269 e. The van der Waals surface area contributed by atoms with E-state index in [2.05, 4.69) is 27.1 Å². The van der Waals surface area contributed by atoms with E-state index in [1.807, 2.05) is 23.8 Å². The summed E-state index contributed by atoms with van der Waals surface area (Å²) in [6.07, 6.45) is 0.956. The predicted molar refractivity (Wildman–Crippen MR) is 105 cm³/mol. The first kappa shape index (κ1) is 16.8. The van der Waals surface area contributed by atoms with Gasteiger partial charge in [0, 0.05) is 35.3 Å². The van der Waals surface area contributed by atoms with Crippen LogP contribution in [0.2, 0.25) is 0 Å². The quantitative estimate of drug-likeness (QED) is 0.723. The van der Waals surface area contributed by atoms with Crippen molar-refractivity contribution in [3.05, 3.63) is 38.0 Å². The first-order chi connectivity index (χ1) is 12.1. The Morgan fingerprint density at radius 2 is 2.24 bits per heavy atom. The molecule has 5 nitrogen and oxygen atoms in total. The number of aryl methyl sites for hydroxylation is 1. The Morgan fingerprint density at radius 3 is 3.00 bits per heavy atom. The van der Waals surface area contributed by atoms with Crippen molar-refractivity contribution >= 4 is 45.0 Å². The molecule has 3 aromatic rings. The molecule has 4 rings (SSSR count). The number of nitrogens with zero attached hydrogens (tertiary/aromatic N) is 3. The zero-order valence-electron chi connectivity index (χ0n) is 14.0. The van der Waals surface area contributed by atoms with Gasteiger partial charge < -0.3 is 0 Å². The topological polar surface area (TPSA) is 58.1 Å². The molecule has 0 spiro atoms. The molecule has 25 heavy (non-hydrogen) atoms. The Kier molecular flexibility index (Phi) is 4.68. The third kappa shape index (κ3) is 3.39. The molecule has 3 aromatic heterocycles. The number of hydrogen-bond acceptors (Lipinski definition) is 7. The predicted octanol–water partition coefficient (Wildman–Crippen LogP) is 4.27. The second-order valence-corrected chi connectivity index (χ2v) is 8.77. The molecule has 130 valence electrons. The van der Waals surface area contributed by atoms with Crippen LogP contribution in [0.3, 0.4) is 0 Å². The van der Waals surface area contributed by atoms with Crippen LogP contribution in [-0.4, -0.2) is 33.9 Å². The van der Waals surface area contributed by atoms with Crippen LogP contribution in [0.25, 0.3) is 10.6 Å². The third-order valence-corrected chi connectivity index (χ3v) is 7.14. The van der Waals surface area contributed by atoms with Gasteiger partial charge in [-0.15, -0.1) is 22.7 Å². The van der Waals surface area contributed by atoms with Crippen LogP contribution in [0.15, 0.2) is 16.8 Å². The molecule has 0 aromatic carbocycles. The van der Waals surface area contributed by atoms with E-state index in [0.717, 1.165) is 48.0 Å². The SMILES string of the molecule is CCN1CCc2nc(NC(=O)c3sc(-c4ccsc4)nc3C)sc2C1. The van der Waals surface area contributed by atoms with Crippen molar-refractivity contribution in [3.63, 3.8) is 0 Å². The molecule has 0 saturated heterocycles. The summed E-state index contributed by atoms with van der Waals surface area (Å²) in [6, 6.07) is 2.03. The number of thiophene rings is 1. The zero-order chi connectivity index (χ0) is 17.4. The Morgan fingerprint density at radius 1 is 1.36 bits per heavy atom. The van der Waals surface area contributed by atoms with Gasteiger partial charge in [0.05, 0.1) is 11.4 Å². The summed E-state index contributed by atoms with van der Waals surface area (Å²) in [7, 11) is 0. The van der Waals surface area contributed by atoms with Gasteiger partial charge in [0.2, 0.25) is 0 Å². The Labute approximate surface area is 158 Å². The van der Waals surface area contributed by atoms with Crippen LogP contribution in [0.5, 0.6) is 0 Å². The number of thiazole rings is 2. The summed E-state index contributed by atoms with van der Waals surface area (Å²) < 4.78 is 0. The second kappa shape index (κ2) is 6.95. The second-order valence-electron chi connectivity index (χ2n) is 5.91. The molecule has 8 heteroatoms. The molecule has 0 radical (unpaired) electrons. The summed E-state index contributed by atoms with van der Waals surface area (Å²) >= 11 is 4.66. The minimum absolute atomic E-state index is 0.116. The van der Waals surface area contributed by atoms with Crippen molar-refractivity contribution in [2.75, 3.05) is 18.4 Å². The van der Waals surface area contributed by atoms with Gasteiger partial charge in [-0.1, -0.05) is 6.92 Å². The van der Waals surface area contributed by atoms with E-state index in [1.54, 1.807) is 22.7 Å². The van der Waals surface area contributed by atoms with E-state index < -0.39 is 0 Å². The fourth-order valence-electron chi connectivity index (χ4n) is 2.84. The monoisotopic (exact) mass is 390 g/mol. The number of amides is 1. The normalized spacial score (nSPS) is 14.5. The average Bonchev–Trinajstić information content (AvgIpc) is 3.32. The molecular formula is C17H18N4OS3. The van der Waals surface area contributed by atoms with Crippen molar-refractivity contribution < 1.29 is 4.79 Å². The highest BCUT2D eigenvalue weighted by molar-refractivity contribution is 7.18. The van der Waals surface area contributed by atoms with Crippen LogP contribution in [0.1, 0.15) is 32.9 Å². The maximum Gasteiger partial charge on any atom is 0.269 e. The molecule has 0 bridgehead atoms. The van der Waals surface area contributed by atoms with Gasteiger partial charge in [0.15, 0.2) is 5.13 Å². The lowest BCUT2D eigenvalue weighted by Crippen LogP contribution is -2.29. The maximum absolute atomic E-state index is 12.7. The van der Waals surface area contributed by atoms with E-state index in [4.69, 9.17) is 0 Å². The van der Waals surface area contributed by atoms with Crippen LogP contribution in [0, 0.1) is 6.92 Å². The third-order valence-electron chi connectivity index (χ3n) is 4.25. The van der Waals surface area contributed by atoms with Gasteiger partial charge in [-0.05, 0) is 24.9 Å². The lowest BCUT2D eigenvalue weighted by Gasteiger charge is -2.23. The largest absolute Gasteiger partial charge is 0.298 e. The number of rotatable bonds is 4. The van der Waals surface area contributed by atoms with E-state index in [-0.39, 0.29) is 5.91 Å². The fourth-order valence-corrected chi connectivity index (χ4v) is 5.56. The highest BCUT2D eigenvalue weighted by Crippen LogP contribution is 2.32. The summed E-state index contributed by atoms with van der Waals surface area (Å²) in [4.78, 5) is 26.1. The standard InChI is InChI=1S/C17H18N4OS3/c1-3-21-6-4-12-13(8-21)24-17(19-12)20-15(22)14-10(2)18-16(25-14)11-5-7-23-9-11/h5,7,9H,3-4,6,8H2,1-2H3,(H,19,20,22). The molecule has 0 aliphatic carbocycles. The fraction of sp³-hybridized carbons (Fsp3) is 0.353. The summed E-state index contributed by atoms with van der Waals surface area (Å²) in [5.41, 5.74) is 2.97. The number of aromatic nitrogens is 2. The molecule has 1 aliphatic heterocycles. The van der Waals surface area contributed by atoms with Crippen LogP contribution in [-0.2, 0) is 13.0 Å². The molecular weight excluding hydrogens is 372 g/mol. The van der Waals surface area contributed by atoms with Gasteiger partial charge in [-0.3, -0.25) is 15.0 Å². The molecule has 0 saturated carbocycles. The highest BCUT2D eigenvalue weighted by Gasteiger charge is 2.22. The lowest BCUT2D eigenvalue weighted by atomic mass is 10.2. The van der Waals surface area contributed by atoms with Crippen LogP contribution < -0.4 is 5.32 Å². The summed E-state index contributed by atoms with van der Waals surface area (Å²) in [5, 5.41) is 8.62. The van der Waals surface area contributed by atoms with Crippen LogP contribution in [0.4, 0.5) is 5.13 Å². The number of hydrogen-bond donors (Lipinski definition) is 1. The van der Waals surface area contributed by atoms with Crippen molar-refractivity contribution in [1.29, 1.82) is 0 Å². The van der Waals surface area contributed by atoms with Crippen molar-refractivity contribution in [2.24, 2.45) is 0 Å². The van der Waals surface area contributed by atoms with E-state index in [0.29, 0.717) is 10.0 Å². The Balaban J connectivity index is 1.52. The van der Waals surface area contributed by atoms with Gasteiger partial charge in [0.25, 0.3) is 5.91 Å². The summed E-state index contributed by atoms with van der Waals surface area (Å²) in [5.74, 6) is -0.116. The molecule has 1 N–H and O–H groups in total. The number of carbonyl (C=O) groups excluding carboxylic acids is 1. The maximum atomic E-state index is 12.7. The molecule has 0 unspecified atom stereocenters. The molecule has 1 amide bonds. The van der Waals surface area contributed by atoms with Crippen molar-refractivity contribution in [1.82, 2.24) is 14.9 Å². The highest BCUT2D eigenvalue weighted by atomic mass is 32.1.